The predicted octanol–water partition coefficient (Wildman–Crippen LogP) is 1.32. The summed E-state index contributed by atoms with van der Waals surface area (Å²) < 4.78 is 5.87. The number of nitrogens with zero attached hydrogens (tertiary/aromatic N) is 3. The second-order valence-electron chi connectivity index (χ2n) is 7.99. The van der Waals surface area contributed by atoms with Crippen LogP contribution >= 0.6 is 0 Å². The van der Waals surface area contributed by atoms with Gasteiger partial charge in [-0.15, -0.1) is 0 Å². The smallest absolute Gasteiger partial charge is 0.284 e. The molecular weight excluding hydrogens is 402 g/mol. The molecule has 164 valence electrons. The largest absolute Gasteiger partial charge is 0.471 e. The number of hydroxylamine groups is 1. The van der Waals surface area contributed by atoms with Gasteiger partial charge in [-0.25, -0.2) is 10.5 Å². The quantitative estimate of drug-likeness (QED) is 0.477. The molecule has 0 saturated heterocycles. The molecule has 1 aliphatic carbocycles. The van der Waals surface area contributed by atoms with E-state index < -0.39 is 23.7 Å². The van der Waals surface area contributed by atoms with Gasteiger partial charge >= 0.3 is 0 Å². The molecule has 1 saturated carbocycles. The number of benzene rings is 1. The third kappa shape index (κ3) is 5.67. The fourth-order valence-electron chi connectivity index (χ4n) is 3.13. The summed E-state index contributed by atoms with van der Waals surface area (Å²) in [5.41, 5.74) is 7.91. The van der Waals surface area contributed by atoms with Crippen LogP contribution in [-0.2, 0) is 4.84 Å². The fraction of sp³-hybridized carbons (Fsp3) is 0.429. The van der Waals surface area contributed by atoms with Crippen molar-refractivity contribution in [2.45, 2.75) is 50.9 Å². The van der Waals surface area contributed by atoms with Gasteiger partial charge in [-0.3, -0.25) is 9.63 Å². The number of nitrogens with one attached hydrogen (secondary N) is 1. The fourth-order valence-corrected chi connectivity index (χ4v) is 3.13. The van der Waals surface area contributed by atoms with E-state index in [9.17, 15) is 15.0 Å². The molecule has 3 rings (SSSR count). The van der Waals surface area contributed by atoms with Gasteiger partial charge in [0.25, 0.3) is 5.91 Å². The molecule has 1 aromatic carbocycles. The van der Waals surface area contributed by atoms with E-state index in [1.807, 2.05) is 6.07 Å². The van der Waals surface area contributed by atoms with Gasteiger partial charge in [-0.05, 0) is 45.2 Å². The van der Waals surface area contributed by atoms with Gasteiger partial charge < -0.3 is 20.7 Å². The van der Waals surface area contributed by atoms with Crippen LogP contribution in [0, 0.1) is 11.3 Å². The van der Waals surface area contributed by atoms with Crippen LogP contribution < -0.4 is 16.0 Å². The number of ether oxygens (including phenoxy) is 1. The number of aromatic nitrogens is 2. The summed E-state index contributed by atoms with van der Waals surface area (Å²) in [5.74, 6) is -0.827. The van der Waals surface area contributed by atoms with Crippen molar-refractivity contribution in [2.75, 3.05) is 12.3 Å². The van der Waals surface area contributed by atoms with E-state index in [-0.39, 0.29) is 29.7 Å². The zero-order chi connectivity index (χ0) is 22.6. The number of aliphatic hydroxyl groups is 2. The molecule has 1 aliphatic rings. The molecule has 1 heterocycles. The Morgan fingerprint density at radius 2 is 2.16 bits per heavy atom. The third-order valence-electron chi connectivity index (χ3n) is 4.65. The number of rotatable bonds is 7. The number of hydrogen-bond donors (Lipinski definition) is 4. The summed E-state index contributed by atoms with van der Waals surface area (Å²) in [6.07, 6.45) is 0.721. The number of nitriles is 1. The van der Waals surface area contributed by atoms with Gasteiger partial charge in [0.15, 0.2) is 5.82 Å². The Balaban J connectivity index is 1.96. The molecule has 2 atom stereocenters. The molecule has 0 spiro atoms. The maximum absolute atomic E-state index is 12.7. The lowest BCUT2D eigenvalue weighted by Crippen LogP contribution is -2.34. The lowest BCUT2D eigenvalue weighted by Gasteiger charge is -2.20. The molecule has 0 radical (unpaired) electrons. The summed E-state index contributed by atoms with van der Waals surface area (Å²) in [4.78, 5) is 26.3. The van der Waals surface area contributed by atoms with Crippen LogP contribution in [-0.4, -0.2) is 50.5 Å². The maximum atomic E-state index is 12.7. The summed E-state index contributed by atoms with van der Waals surface area (Å²) >= 11 is 0. The minimum absolute atomic E-state index is 0.0971. The van der Waals surface area contributed by atoms with E-state index in [0.717, 1.165) is 6.42 Å². The molecule has 5 N–H and O–H groups in total. The molecule has 1 fully saturated rings. The van der Waals surface area contributed by atoms with E-state index >= 15 is 0 Å². The Hall–Kier alpha value is -3.26. The lowest BCUT2D eigenvalue weighted by atomic mass is 10.1. The number of amides is 1. The first-order valence-electron chi connectivity index (χ1n) is 9.85. The van der Waals surface area contributed by atoms with Gasteiger partial charge in [-0.2, -0.15) is 10.2 Å². The Bertz CT molecular complexity index is 999. The second-order valence-corrected chi connectivity index (χ2v) is 7.99. The van der Waals surface area contributed by atoms with Crippen molar-refractivity contribution in [1.29, 1.82) is 5.26 Å². The number of nitrogen functional groups attached to an aromatic ring is 1. The first kappa shape index (κ1) is 22.4. The van der Waals surface area contributed by atoms with Crippen LogP contribution in [0.4, 0.5) is 5.82 Å². The maximum Gasteiger partial charge on any atom is 0.284 e. The van der Waals surface area contributed by atoms with Gasteiger partial charge in [-0.1, -0.05) is 12.1 Å². The van der Waals surface area contributed by atoms with Crippen molar-refractivity contribution in [3.63, 3.8) is 0 Å². The average Bonchev–Trinajstić information content (AvgIpc) is 3.11. The third-order valence-corrected chi connectivity index (χ3v) is 4.65. The minimum Gasteiger partial charge on any atom is -0.471 e. The second kappa shape index (κ2) is 9.26. The summed E-state index contributed by atoms with van der Waals surface area (Å²) in [6.45, 7) is 2.89. The van der Waals surface area contributed by atoms with Crippen LogP contribution in [0.3, 0.4) is 0 Å². The van der Waals surface area contributed by atoms with E-state index in [4.69, 9.17) is 20.6 Å². The zero-order valence-corrected chi connectivity index (χ0v) is 17.3. The topological polar surface area (TPSA) is 164 Å². The van der Waals surface area contributed by atoms with Crippen LogP contribution in [0.25, 0.3) is 11.4 Å². The number of aliphatic hydroxyl groups excluding tert-OH is 1. The molecule has 0 unspecified atom stereocenters. The monoisotopic (exact) mass is 427 g/mol. The van der Waals surface area contributed by atoms with Crippen molar-refractivity contribution in [2.24, 2.45) is 0 Å². The van der Waals surface area contributed by atoms with Crippen molar-refractivity contribution in [3.05, 3.63) is 35.4 Å². The lowest BCUT2D eigenvalue weighted by molar-refractivity contribution is -0.0523. The predicted molar refractivity (Wildman–Crippen MR) is 111 cm³/mol. The zero-order valence-electron chi connectivity index (χ0n) is 17.3. The normalized spacial score (nSPS) is 18.4. The van der Waals surface area contributed by atoms with Crippen LogP contribution in [0.15, 0.2) is 24.3 Å². The number of nitrogens with two attached hydrogens (primary N) is 1. The highest BCUT2D eigenvalue weighted by atomic mass is 16.7. The van der Waals surface area contributed by atoms with Gasteiger partial charge in [0.2, 0.25) is 5.88 Å². The first-order valence-corrected chi connectivity index (χ1v) is 9.85. The molecule has 31 heavy (non-hydrogen) atoms. The van der Waals surface area contributed by atoms with Crippen LogP contribution in [0.1, 0.15) is 49.0 Å². The molecule has 10 nitrogen and oxygen atoms in total. The Labute approximate surface area is 179 Å². The Morgan fingerprint density at radius 1 is 1.39 bits per heavy atom. The first-order chi connectivity index (χ1) is 14.7. The standard InChI is InChI=1S/C21H25N5O5/c1-21(2,29)11-30-26-19(28)16-17(23)24-18(13-6-3-5-12(9-13)10-22)25-20(16)31-15-8-4-7-14(15)27/h3,5-6,9,14-15,27,29H,4,7-8,11H2,1-2H3,(H,26,28)(H2,23,24,25)/t14-,15-/m0/s1. The molecular formula is C21H25N5O5. The molecule has 0 aliphatic heterocycles. The van der Waals surface area contributed by atoms with E-state index in [1.165, 1.54) is 13.8 Å². The summed E-state index contributed by atoms with van der Waals surface area (Å²) in [5, 5.41) is 29.0. The number of carbonyl (C=O) groups is 1. The van der Waals surface area contributed by atoms with Crippen molar-refractivity contribution in [1.82, 2.24) is 15.4 Å². The number of hydrogen-bond acceptors (Lipinski definition) is 9. The van der Waals surface area contributed by atoms with Gasteiger partial charge in [0.1, 0.15) is 24.1 Å². The highest BCUT2D eigenvalue weighted by Crippen LogP contribution is 2.30. The van der Waals surface area contributed by atoms with E-state index in [2.05, 4.69) is 15.4 Å². The highest BCUT2D eigenvalue weighted by molar-refractivity contribution is 6.00. The van der Waals surface area contributed by atoms with Crippen molar-refractivity contribution < 1.29 is 24.6 Å². The average molecular weight is 427 g/mol. The van der Waals surface area contributed by atoms with Gasteiger partial charge in [0.05, 0.1) is 23.3 Å². The van der Waals surface area contributed by atoms with Crippen molar-refractivity contribution >= 4 is 11.7 Å². The minimum atomic E-state index is -1.15. The molecule has 2 aromatic rings. The van der Waals surface area contributed by atoms with Crippen LogP contribution in [0.5, 0.6) is 5.88 Å². The molecule has 1 aromatic heterocycles. The molecule has 1 amide bonds. The van der Waals surface area contributed by atoms with E-state index in [0.29, 0.717) is 24.0 Å². The SMILES string of the molecule is CC(C)(O)CONC(=O)c1c(N)nc(-c2cccc(C#N)c2)nc1O[C@H]1CCC[C@@H]1O. The Kier molecular flexibility index (Phi) is 6.70. The van der Waals surface area contributed by atoms with Crippen LogP contribution in [0.2, 0.25) is 0 Å². The highest BCUT2D eigenvalue weighted by Gasteiger charge is 2.31. The van der Waals surface area contributed by atoms with Crippen molar-refractivity contribution in [3.8, 4) is 23.3 Å². The summed E-state index contributed by atoms with van der Waals surface area (Å²) in [7, 11) is 0. The summed E-state index contributed by atoms with van der Waals surface area (Å²) in [6, 6.07) is 8.66. The van der Waals surface area contributed by atoms with Gasteiger partial charge in [0, 0.05) is 5.56 Å². The molecule has 0 bridgehead atoms. The molecule has 10 heteroatoms. The van der Waals surface area contributed by atoms with E-state index in [1.54, 1.807) is 24.3 Å². The number of anilines is 1. The number of carbonyl (C=O) groups excluding carboxylic acids is 1. The Morgan fingerprint density at radius 3 is 2.81 bits per heavy atom.